The molecular formula is C19H24ClN3O5S. The minimum atomic E-state index is -3.79. The van der Waals surface area contributed by atoms with E-state index in [-0.39, 0.29) is 29.8 Å². The van der Waals surface area contributed by atoms with Crippen molar-refractivity contribution in [3.63, 3.8) is 0 Å². The Morgan fingerprint density at radius 2 is 1.86 bits per heavy atom. The van der Waals surface area contributed by atoms with Crippen LogP contribution in [-0.4, -0.2) is 80.2 Å². The molecule has 2 fully saturated rings. The van der Waals surface area contributed by atoms with Crippen molar-refractivity contribution in [2.75, 3.05) is 39.8 Å². The summed E-state index contributed by atoms with van der Waals surface area (Å²) in [6.45, 7) is 5.33. The van der Waals surface area contributed by atoms with Gasteiger partial charge in [-0.2, -0.15) is 4.31 Å². The van der Waals surface area contributed by atoms with Crippen molar-refractivity contribution in [3.8, 4) is 5.75 Å². The molecule has 10 heteroatoms. The number of benzene rings is 1. The van der Waals surface area contributed by atoms with Gasteiger partial charge in [-0.15, -0.1) is 6.58 Å². The standard InChI is InChI=1S/C19H24ClN3O5S/c1-3-8-21-11-12-23(19(25)18(21)24)15-6-9-22(10-7-15)29(26,27)17-13-14(20)4-5-16(17)28-2/h3-5,13,15H,1,6-12H2,2H3. The van der Waals surface area contributed by atoms with Gasteiger partial charge in [0.2, 0.25) is 10.0 Å². The van der Waals surface area contributed by atoms with Crippen LogP contribution in [0.15, 0.2) is 35.7 Å². The summed E-state index contributed by atoms with van der Waals surface area (Å²) >= 11 is 5.98. The fourth-order valence-corrected chi connectivity index (χ4v) is 5.64. The Morgan fingerprint density at radius 3 is 2.48 bits per heavy atom. The van der Waals surface area contributed by atoms with Crippen LogP contribution < -0.4 is 4.74 Å². The number of piperidine rings is 1. The molecule has 0 spiro atoms. The van der Waals surface area contributed by atoms with Crippen LogP contribution in [0.2, 0.25) is 5.02 Å². The molecule has 2 aliphatic rings. The molecular weight excluding hydrogens is 418 g/mol. The van der Waals surface area contributed by atoms with Gasteiger partial charge in [-0.1, -0.05) is 17.7 Å². The van der Waals surface area contributed by atoms with Gasteiger partial charge in [-0.3, -0.25) is 9.59 Å². The molecule has 2 heterocycles. The number of amides is 2. The number of methoxy groups -OCH3 is 1. The van der Waals surface area contributed by atoms with Crippen molar-refractivity contribution < 1.29 is 22.7 Å². The predicted octanol–water partition coefficient (Wildman–Crippen LogP) is 1.36. The lowest BCUT2D eigenvalue weighted by Gasteiger charge is -2.41. The van der Waals surface area contributed by atoms with Crippen molar-refractivity contribution in [3.05, 3.63) is 35.9 Å². The number of rotatable bonds is 6. The molecule has 0 aliphatic carbocycles. The molecule has 0 bridgehead atoms. The van der Waals surface area contributed by atoms with Crippen LogP contribution in [0.1, 0.15) is 12.8 Å². The third-order valence-corrected chi connectivity index (χ3v) is 7.45. The fourth-order valence-electron chi connectivity index (χ4n) is 3.75. The largest absolute Gasteiger partial charge is 0.495 e. The topological polar surface area (TPSA) is 87.2 Å². The maximum Gasteiger partial charge on any atom is 0.312 e. The molecule has 0 radical (unpaired) electrons. The first-order valence-electron chi connectivity index (χ1n) is 9.34. The molecule has 0 aromatic heterocycles. The zero-order valence-electron chi connectivity index (χ0n) is 16.2. The fraction of sp³-hybridized carbons (Fsp3) is 0.474. The number of ether oxygens (including phenoxy) is 1. The Morgan fingerprint density at radius 1 is 1.17 bits per heavy atom. The third-order valence-electron chi connectivity index (χ3n) is 5.30. The van der Waals surface area contributed by atoms with Crippen molar-refractivity contribution in [2.45, 2.75) is 23.8 Å². The molecule has 3 rings (SSSR count). The van der Waals surface area contributed by atoms with Gasteiger partial charge in [-0.05, 0) is 31.0 Å². The Labute approximate surface area is 175 Å². The number of sulfonamides is 1. The highest BCUT2D eigenvalue weighted by molar-refractivity contribution is 7.89. The zero-order valence-corrected chi connectivity index (χ0v) is 17.8. The van der Waals surface area contributed by atoms with Gasteiger partial charge in [0, 0.05) is 43.8 Å². The van der Waals surface area contributed by atoms with E-state index in [1.54, 1.807) is 17.0 Å². The van der Waals surface area contributed by atoms with Crippen LogP contribution in [0.3, 0.4) is 0 Å². The molecule has 0 N–H and O–H groups in total. The minimum absolute atomic E-state index is 0.0234. The summed E-state index contributed by atoms with van der Waals surface area (Å²) in [7, 11) is -2.38. The number of nitrogens with zero attached hydrogens (tertiary/aromatic N) is 3. The summed E-state index contributed by atoms with van der Waals surface area (Å²) in [5.41, 5.74) is 0. The van der Waals surface area contributed by atoms with Gasteiger partial charge in [0.1, 0.15) is 10.6 Å². The summed E-state index contributed by atoms with van der Waals surface area (Å²) in [6.07, 6.45) is 2.51. The van der Waals surface area contributed by atoms with E-state index in [1.807, 2.05) is 0 Å². The molecule has 29 heavy (non-hydrogen) atoms. The van der Waals surface area contributed by atoms with E-state index in [0.29, 0.717) is 37.5 Å². The lowest BCUT2D eigenvalue weighted by atomic mass is 10.0. The first-order valence-corrected chi connectivity index (χ1v) is 11.2. The van der Waals surface area contributed by atoms with E-state index in [0.717, 1.165) is 0 Å². The molecule has 8 nitrogen and oxygen atoms in total. The Bertz CT molecular complexity index is 912. The van der Waals surface area contributed by atoms with E-state index in [1.165, 1.54) is 28.4 Å². The molecule has 0 atom stereocenters. The van der Waals surface area contributed by atoms with Crippen molar-refractivity contribution in [1.29, 1.82) is 0 Å². The molecule has 158 valence electrons. The molecule has 2 aliphatic heterocycles. The molecule has 1 aromatic carbocycles. The minimum Gasteiger partial charge on any atom is -0.495 e. The maximum atomic E-state index is 13.1. The van der Waals surface area contributed by atoms with Gasteiger partial charge in [-0.25, -0.2) is 8.42 Å². The highest BCUT2D eigenvalue weighted by Gasteiger charge is 2.39. The quantitative estimate of drug-likeness (QED) is 0.491. The molecule has 2 amide bonds. The number of halogens is 1. The van der Waals surface area contributed by atoms with Gasteiger partial charge in [0.15, 0.2) is 0 Å². The predicted molar refractivity (Wildman–Crippen MR) is 108 cm³/mol. The second-order valence-electron chi connectivity index (χ2n) is 6.97. The third kappa shape index (κ3) is 4.26. The van der Waals surface area contributed by atoms with Crippen molar-refractivity contribution in [2.24, 2.45) is 0 Å². The summed E-state index contributed by atoms with van der Waals surface area (Å²) in [4.78, 5) is 27.8. The SMILES string of the molecule is C=CCN1CCN(C2CCN(S(=O)(=O)c3cc(Cl)ccc3OC)CC2)C(=O)C1=O. The molecule has 1 aromatic rings. The van der Waals surface area contributed by atoms with Crippen LogP contribution >= 0.6 is 11.6 Å². The Balaban J connectivity index is 1.69. The van der Waals surface area contributed by atoms with Gasteiger partial charge in [0.05, 0.1) is 7.11 Å². The van der Waals surface area contributed by atoms with Gasteiger partial charge in [0.25, 0.3) is 0 Å². The van der Waals surface area contributed by atoms with E-state index in [4.69, 9.17) is 16.3 Å². The smallest absolute Gasteiger partial charge is 0.312 e. The lowest BCUT2D eigenvalue weighted by molar-refractivity contribution is -0.157. The van der Waals surface area contributed by atoms with E-state index in [2.05, 4.69) is 6.58 Å². The van der Waals surface area contributed by atoms with Crippen LogP contribution in [0.4, 0.5) is 0 Å². The lowest BCUT2D eigenvalue weighted by Crippen LogP contribution is -2.59. The normalized spacial score (nSPS) is 19.5. The number of carbonyl (C=O) groups is 2. The van der Waals surface area contributed by atoms with Crippen LogP contribution in [-0.2, 0) is 19.6 Å². The molecule has 2 saturated heterocycles. The van der Waals surface area contributed by atoms with Gasteiger partial charge < -0.3 is 14.5 Å². The maximum absolute atomic E-state index is 13.1. The average molecular weight is 442 g/mol. The first-order chi connectivity index (χ1) is 13.8. The first kappa shape index (κ1) is 21.6. The van der Waals surface area contributed by atoms with E-state index < -0.39 is 21.8 Å². The van der Waals surface area contributed by atoms with Crippen LogP contribution in [0.5, 0.6) is 5.75 Å². The number of carbonyl (C=O) groups excluding carboxylic acids is 2. The van der Waals surface area contributed by atoms with Crippen molar-refractivity contribution >= 4 is 33.4 Å². The summed E-state index contributed by atoms with van der Waals surface area (Å²) in [5.74, 6) is -0.832. The van der Waals surface area contributed by atoms with Crippen LogP contribution in [0.25, 0.3) is 0 Å². The van der Waals surface area contributed by atoms with E-state index in [9.17, 15) is 18.0 Å². The molecule has 0 unspecified atom stereocenters. The van der Waals surface area contributed by atoms with Crippen LogP contribution in [0, 0.1) is 0 Å². The second-order valence-corrected chi connectivity index (χ2v) is 9.31. The average Bonchev–Trinajstić information content (AvgIpc) is 2.72. The van der Waals surface area contributed by atoms with Crippen molar-refractivity contribution in [1.82, 2.24) is 14.1 Å². The second kappa shape index (κ2) is 8.73. The van der Waals surface area contributed by atoms with E-state index >= 15 is 0 Å². The molecule has 0 saturated carbocycles. The highest BCUT2D eigenvalue weighted by Crippen LogP contribution is 2.31. The highest BCUT2D eigenvalue weighted by atomic mass is 35.5. The Hall–Kier alpha value is -2.10. The summed E-state index contributed by atoms with van der Waals surface area (Å²) in [5, 5.41) is 0.306. The van der Waals surface area contributed by atoms with Gasteiger partial charge >= 0.3 is 11.8 Å². The number of hydrogen-bond donors (Lipinski definition) is 0. The summed E-state index contributed by atoms with van der Waals surface area (Å²) in [6, 6.07) is 4.31. The number of hydrogen-bond acceptors (Lipinski definition) is 5. The Kier molecular flexibility index (Phi) is 6.50. The summed E-state index contributed by atoms with van der Waals surface area (Å²) < 4.78 is 32.7. The number of piperazine rings is 1. The zero-order chi connectivity index (χ0) is 21.2. The monoisotopic (exact) mass is 441 g/mol.